The molecule has 2 aliphatic rings. The molecular weight excluding hydrogens is 410 g/mol. The summed E-state index contributed by atoms with van der Waals surface area (Å²) in [6.07, 6.45) is 4.56. The van der Waals surface area contributed by atoms with Gasteiger partial charge in [0.1, 0.15) is 11.3 Å². The number of piperidine rings is 1. The zero-order valence-corrected chi connectivity index (χ0v) is 19.4. The second-order valence-electron chi connectivity index (χ2n) is 9.92. The highest BCUT2D eigenvalue weighted by molar-refractivity contribution is 5.95. The molecule has 33 heavy (non-hydrogen) atoms. The number of benzene rings is 1. The summed E-state index contributed by atoms with van der Waals surface area (Å²) in [6, 6.07) is 14.9. The van der Waals surface area contributed by atoms with Crippen molar-refractivity contribution in [2.24, 2.45) is 11.7 Å². The number of pyridine rings is 1. The van der Waals surface area contributed by atoms with E-state index in [4.69, 9.17) is 10.7 Å². The van der Waals surface area contributed by atoms with Crippen molar-refractivity contribution in [3.05, 3.63) is 59.4 Å². The summed E-state index contributed by atoms with van der Waals surface area (Å²) in [7, 11) is 0. The Morgan fingerprint density at radius 3 is 2.73 bits per heavy atom. The summed E-state index contributed by atoms with van der Waals surface area (Å²) in [4.78, 5) is 20.2. The van der Waals surface area contributed by atoms with E-state index in [-0.39, 0.29) is 11.9 Å². The summed E-state index contributed by atoms with van der Waals surface area (Å²) >= 11 is 0. The Balaban J connectivity index is 1.45. The van der Waals surface area contributed by atoms with Crippen LogP contribution in [0.4, 0.5) is 0 Å². The first-order valence-electron chi connectivity index (χ1n) is 12.1. The first kappa shape index (κ1) is 20.5. The first-order valence-corrected chi connectivity index (χ1v) is 12.1. The van der Waals surface area contributed by atoms with Crippen LogP contribution < -0.4 is 5.73 Å². The van der Waals surface area contributed by atoms with Crippen molar-refractivity contribution in [3.63, 3.8) is 0 Å². The molecule has 1 aliphatic heterocycles. The van der Waals surface area contributed by atoms with Crippen molar-refractivity contribution in [2.75, 3.05) is 13.1 Å². The summed E-state index contributed by atoms with van der Waals surface area (Å²) in [5.74, 6) is 0.819. The number of fused-ring (bicyclic) bond motifs is 2. The minimum Gasteiger partial charge on any atom is -0.339 e. The Morgan fingerprint density at radius 1 is 1.12 bits per heavy atom. The molecule has 2 fully saturated rings. The molecule has 1 amide bonds. The molecule has 6 rings (SSSR count). The molecule has 4 heterocycles. The number of imidazole rings is 1. The van der Waals surface area contributed by atoms with Crippen molar-refractivity contribution in [3.8, 4) is 11.4 Å². The van der Waals surface area contributed by atoms with Crippen LogP contribution in [0.5, 0.6) is 0 Å². The van der Waals surface area contributed by atoms with Gasteiger partial charge in [0.25, 0.3) is 5.91 Å². The molecule has 6 heteroatoms. The Bertz CT molecular complexity index is 1380. The molecule has 0 radical (unpaired) electrons. The van der Waals surface area contributed by atoms with Crippen LogP contribution in [-0.4, -0.2) is 43.9 Å². The average molecular weight is 442 g/mol. The van der Waals surface area contributed by atoms with Gasteiger partial charge in [-0.1, -0.05) is 18.2 Å². The quantitative estimate of drug-likeness (QED) is 0.505. The molecule has 170 valence electrons. The summed E-state index contributed by atoms with van der Waals surface area (Å²) in [6.45, 7) is 6.63. The third-order valence-corrected chi connectivity index (χ3v) is 7.32. The molecule has 2 N–H and O–H groups in total. The standard InChI is InChI=1S/C27H31N5O/c1-17-12-21(27(33)30-11-5-7-22(28)16-30)14-25-29-26(18(2)32(17)25)24-13-20-6-3-4-8-23(20)31(24)15-19-9-10-19/h3-4,6,8,12-14,19,22H,5,7,9-11,15-16,28H2,1-2H3. The van der Waals surface area contributed by atoms with Crippen LogP contribution >= 0.6 is 0 Å². The van der Waals surface area contributed by atoms with E-state index in [1.165, 1.54) is 29.4 Å². The molecule has 4 aromatic rings. The van der Waals surface area contributed by atoms with Gasteiger partial charge in [-0.05, 0) is 69.7 Å². The van der Waals surface area contributed by atoms with Gasteiger partial charge in [0.15, 0.2) is 0 Å². The second kappa shape index (κ2) is 7.73. The minimum atomic E-state index is 0.0563. The Hall–Kier alpha value is -3.12. The number of nitrogens with two attached hydrogens (primary N) is 1. The lowest BCUT2D eigenvalue weighted by Crippen LogP contribution is -2.45. The lowest BCUT2D eigenvalue weighted by atomic mass is 10.1. The maximum absolute atomic E-state index is 13.2. The van der Waals surface area contributed by atoms with Gasteiger partial charge in [0, 0.05) is 53.5 Å². The third-order valence-electron chi connectivity index (χ3n) is 7.32. The highest BCUT2D eigenvalue weighted by atomic mass is 16.2. The van der Waals surface area contributed by atoms with Gasteiger partial charge in [0.05, 0.1) is 5.69 Å². The molecule has 1 unspecified atom stereocenters. The monoisotopic (exact) mass is 441 g/mol. The number of hydrogen-bond acceptors (Lipinski definition) is 3. The van der Waals surface area contributed by atoms with E-state index < -0.39 is 0 Å². The number of rotatable bonds is 4. The Morgan fingerprint density at radius 2 is 1.94 bits per heavy atom. The molecule has 3 aromatic heterocycles. The highest BCUT2D eigenvalue weighted by Gasteiger charge is 2.27. The molecule has 6 nitrogen and oxygen atoms in total. The number of carbonyl (C=O) groups excluding carboxylic acids is 1. The number of aryl methyl sites for hydroxylation is 2. The van der Waals surface area contributed by atoms with Gasteiger partial charge < -0.3 is 19.6 Å². The molecule has 0 spiro atoms. The van der Waals surface area contributed by atoms with Gasteiger partial charge in [-0.3, -0.25) is 4.79 Å². The smallest absolute Gasteiger partial charge is 0.254 e. The van der Waals surface area contributed by atoms with Crippen molar-refractivity contribution in [2.45, 2.75) is 52.1 Å². The zero-order valence-electron chi connectivity index (χ0n) is 19.4. The minimum absolute atomic E-state index is 0.0563. The lowest BCUT2D eigenvalue weighted by molar-refractivity contribution is 0.0708. The number of aromatic nitrogens is 3. The number of hydrogen-bond donors (Lipinski definition) is 1. The van der Waals surface area contributed by atoms with Crippen molar-refractivity contribution in [1.29, 1.82) is 0 Å². The number of carbonyl (C=O) groups is 1. The molecule has 1 atom stereocenters. The zero-order chi connectivity index (χ0) is 22.7. The van der Waals surface area contributed by atoms with Crippen molar-refractivity contribution < 1.29 is 4.79 Å². The van der Waals surface area contributed by atoms with E-state index in [2.05, 4.69) is 53.1 Å². The predicted octanol–water partition coefficient (Wildman–Crippen LogP) is 4.55. The normalized spacial score (nSPS) is 19.0. The first-order chi connectivity index (χ1) is 16.0. The molecule has 1 saturated heterocycles. The van der Waals surface area contributed by atoms with Crippen LogP contribution in [0.3, 0.4) is 0 Å². The van der Waals surface area contributed by atoms with Crippen LogP contribution in [0, 0.1) is 19.8 Å². The van der Waals surface area contributed by atoms with E-state index in [0.717, 1.165) is 54.6 Å². The van der Waals surface area contributed by atoms with E-state index in [0.29, 0.717) is 12.1 Å². The molecule has 1 saturated carbocycles. The highest BCUT2D eigenvalue weighted by Crippen LogP contribution is 2.37. The Kier molecular flexibility index (Phi) is 4.80. The SMILES string of the molecule is Cc1cc(C(=O)N2CCCC(N)C2)cc2nc(-c3cc4ccccc4n3CC3CC3)c(C)n12. The molecular formula is C27H31N5O. The topological polar surface area (TPSA) is 68.6 Å². The number of para-hydroxylation sites is 1. The lowest BCUT2D eigenvalue weighted by Gasteiger charge is -2.30. The van der Waals surface area contributed by atoms with Gasteiger partial charge in [-0.25, -0.2) is 4.98 Å². The van der Waals surface area contributed by atoms with Crippen LogP contribution in [0.15, 0.2) is 42.5 Å². The largest absolute Gasteiger partial charge is 0.339 e. The fourth-order valence-electron chi connectivity index (χ4n) is 5.44. The van der Waals surface area contributed by atoms with Gasteiger partial charge >= 0.3 is 0 Å². The van der Waals surface area contributed by atoms with Crippen molar-refractivity contribution in [1.82, 2.24) is 18.9 Å². The van der Waals surface area contributed by atoms with Crippen LogP contribution in [0.25, 0.3) is 27.9 Å². The predicted molar refractivity (Wildman–Crippen MR) is 131 cm³/mol. The second-order valence-corrected chi connectivity index (χ2v) is 9.92. The van der Waals surface area contributed by atoms with Crippen LogP contribution in [0.1, 0.15) is 47.4 Å². The van der Waals surface area contributed by atoms with E-state index in [1.807, 2.05) is 17.0 Å². The van der Waals surface area contributed by atoms with Crippen LogP contribution in [0.2, 0.25) is 0 Å². The fraction of sp³-hybridized carbons (Fsp3) is 0.407. The maximum atomic E-state index is 13.2. The summed E-state index contributed by atoms with van der Waals surface area (Å²) in [5, 5.41) is 1.25. The summed E-state index contributed by atoms with van der Waals surface area (Å²) < 4.78 is 4.62. The number of nitrogens with zero attached hydrogens (tertiary/aromatic N) is 4. The molecule has 0 bridgehead atoms. The number of likely N-dealkylation sites (tertiary alicyclic amines) is 1. The maximum Gasteiger partial charge on any atom is 0.254 e. The van der Waals surface area contributed by atoms with Gasteiger partial charge in [-0.15, -0.1) is 0 Å². The van der Waals surface area contributed by atoms with E-state index in [1.54, 1.807) is 0 Å². The Labute approximate surface area is 194 Å². The van der Waals surface area contributed by atoms with E-state index in [9.17, 15) is 4.79 Å². The number of amides is 1. The molecule has 1 aromatic carbocycles. The van der Waals surface area contributed by atoms with E-state index >= 15 is 0 Å². The molecule has 1 aliphatic carbocycles. The fourth-order valence-corrected chi connectivity index (χ4v) is 5.44. The van der Waals surface area contributed by atoms with Crippen LogP contribution in [-0.2, 0) is 6.54 Å². The van der Waals surface area contributed by atoms with Gasteiger partial charge in [-0.2, -0.15) is 0 Å². The summed E-state index contributed by atoms with van der Waals surface area (Å²) in [5.41, 5.74) is 13.2. The van der Waals surface area contributed by atoms with Gasteiger partial charge in [0.2, 0.25) is 0 Å². The third kappa shape index (κ3) is 3.53. The average Bonchev–Trinajstić information content (AvgIpc) is 3.47. The van der Waals surface area contributed by atoms with Crippen molar-refractivity contribution >= 4 is 22.5 Å².